The van der Waals surface area contributed by atoms with Crippen LogP contribution in [0.2, 0.25) is 19.0 Å². The van der Waals surface area contributed by atoms with Gasteiger partial charge in [-0.3, -0.25) is 0 Å². The summed E-state index contributed by atoms with van der Waals surface area (Å²) in [6.45, 7) is 15.5. The standard InChI is InChI=1S/C14H29B/c1-11(2)13(4)9-15-8-12(3)7-14(5,6)10-15/h11-13H,7-10H2,1-6H3. The average molecular weight is 208 g/mol. The van der Waals surface area contributed by atoms with Crippen LogP contribution in [0, 0.1) is 23.2 Å². The van der Waals surface area contributed by atoms with Gasteiger partial charge in [0.25, 0.3) is 0 Å². The van der Waals surface area contributed by atoms with Gasteiger partial charge in [0.15, 0.2) is 0 Å². The third kappa shape index (κ3) is 4.21. The third-order valence-electron chi connectivity index (χ3n) is 4.32. The van der Waals surface area contributed by atoms with Crippen LogP contribution < -0.4 is 0 Å². The van der Waals surface area contributed by atoms with Gasteiger partial charge in [0, 0.05) is 0 Å². The van der Waals surface area contributed by atoms with E-state index in [2.05, 4.69) is 41.5 Å². The fourth-order valence-electron chi connectivity index (χ4n) is 3.52. The number of rotatable bonds is 3. The molecule has 15 heavy (non-hydrogen) atoms. The van der Waals surface area contributed by atoms with Gasteiger partial charge < -0.3 is 0 Å². The van der Waals surface area contributed by atoms with Crippen molar-refractivity contribution in [2.24, 2.45) is 23.2 Å². The van der Waals surface area contributed by atoms with Crippen LogP contribution in [-0.4, -0.2) is 6.71 Å². The van der Waals surface area contributed by atoms with Gasteiger partial charge in [0.1, 0.15) is 6.71 Å². The van der Waals surface area contributed by atoms with Crippen molar-refractivity contribution in [3.05, 3.63) is 0 Å². The highest BCUT2D eigenvalue weighted by atomic mass is 14.3. The lowest BCUT2D eigenvalue weighted by Gasteiger charge is -2.38. The quantitative estimate of drug-likeness (QED) is 0.582. The predicted molar refractivity (Wildman–Crippen MR) is 71.7 cm³/mol. The molecule has 0 N–H and O–H groups in total. The SMILES string of the molecule is CC1CB(CC(C)C(C)C)CC(C)(C)C1. The summed E-state index contributed by atoms with van der Waals surface area (Å²) in [4.78, 5) is 0. The van der Waals surface area contributed by atoms with Crippen molar-refractivity contribution < 1.29 is 0 Å². The molecule has 0 aromatic rings. The first-order chi connectivity index (χ1) is 6.80. The van der Waals surface area contributed by atoms with E-state index in [0.717, 1.165) is 24.5 Å². The molecule has 88 valence electrons. The van der Waals surface area contributed by atoms with E-state index in [9.17, 15) is 0 Å². The molecule has 0 spiro atoms. The Morgan fingerprint density at radius 1 is 1.27 bits per heavy atom. The maximum absolute atomic E-state index is 2.45. The van der Waals surface area contributed by atoms with E-state index in [1.165, 1.54) is 25.4 Å². The molecule has 1 heterocycles. The lowest BCUT2D eigenvalue weighted by molar-refractivity contribution is 0.295. The van der Waals surface area contributed by atoms with E-state index in [1.54, 1.807) is 0 Å². The Labute approximate surface area is 97.3 Å². The van der Waals surface area contributed by atoms with E-state index in [-0.39, 0.29) is 0 Å². The first kappa shape index (κ1) is 13.1. The van der Waals surface area contributed by atoms with Crippen molar-refractivity contribution in [3.63, 3.8) is 0 Å². The largest absolute Gasteiger partial charge is 0.140 e. The summed E-state index contributed by atoms with van der Waals surface area (Å²) in [6.07, 6.45) is 5.81. The normalized spacial score (nSPS) is 28.2. The van der Waals surface area contributed by atoms with Crippen molar-refractivity contribution in [2.75, 3.05) is 0 Å². The Bertz CT molecular complexity index is 196. The molecule has 0 radical (unpaired) electrons. The summed E-state index contributed by atoms with van der Waals surface area (Å²) >= 11 is 0. The van der Waals surface area contributed by atoms with Gasteiger partial charge in [0.2, 0.25) is 0 Å². The monoisotopic (exact) mass is 208 g/mol. The zero-order valence-electron chi connectivity index (χ0n) is 11.6. The Hall–Kier alpha value is 0.0649. The molecule has 1 heteroatoms. The molecule has 2 atom stereocenters. The Kier molecular flexibility index (Phi) is 4.32. The summed E-state index contributed by atoms with van der Waals surface area (Å²) in [7, 11) is 0. The zero-order valence-corrected chi connectivity index (χ0v) is 11.6. The molecule has 0 aromatic carbocycles. The summed E-state index contributed by atoms with van der Waals surface area (Å²) < 4.78 is 0. The van der Waals surface area contributed by atoms with E-state index >= 15 is 0 Å². The maximum Gasteiger partial charge on any atom is 0.140 e. The van der Waals surface area contributed by atoms with Gasteiger partial charge in [-0.25, -0.2) is 0 Å². The molecule has 2 unspecified atom stereocenters. The minimum Gasteiger partial charge on any atom is -0.0715 e. The third-order valence-corrected chi connectivity index (χ3v) is 4.32. The van der Waals surface area contributed by atoms with Gasteiger partial charge in [0.05, 0.1) is 0 Å². The summed E-state index contributed by atoms with van der Waals surface area (Å²) in [5, 5.41) is 0. The van der Waals surface area contributed by atoms with Crippen molar-refractivity contribution in [1.29, 1.82) is 0 Å². The molecular formula is C14H29B. The topological polar surface area (TPSA) is 0 Å². The highest BCUT2D eigenvalue weighted by molar-refractivity contribution is 6.59. The second-order valence-corrected chi connectivity index (χ2v) is 7.24. The molecule has 0 aliphatic carbocycles. The van der Waals surface area contributed by atoms with Crippen LogP contribution in [0.5, 0.6) is 0 Å². The highest BCUT2D eigenvalue weighted by Crippen LogP contribution is 2.41. The maximum atomic E-state index is 2.45. The molecular weight excluding hydrogens is 179 g/mol. The predicted octanol–water partition coefficient (Wildman–Crippen LogP) is 4.84. The Balaban J connectivity index is 2.48. The molecule has 0 saturated carbocycles. The molecule has 0 bridgehead atoms. The summed E-state index contributed by atoms with van der Waals surface area (Å²) in [5.74, 6) is 2.69. The Morgan fingerprint density at radius 2 is 1.87 bits per heavy atom. The van der Waals surface area contributed by atoms with E-state index in [0.29, 0.717) is 5.41 Å². The number of hydrogen-bond acceptors (Lipinski definition) is 0. The van der Waals surface area contributed by atoms with Crippen LogP contribution in [0.15, 0.2) is 0 Å². The molecule has 1 saturated heterocycles. The van der Waals surface area contributed by atoms with Crippen molar-refractivity contribution in [2.45, 2.75) is 66.9 Å². The molecule has 1 rings (SSSR count). The lowest BCUT2D eigenvalue weighted by atomic mass is 9.32. The first-order valence-corrected chi connectivity index (χ1v) is 6.80. The summed E-state index contributed by atoms with van der Waals surface area (Å²) in [6, 6.07) is 0. The summed E-state index contributed by atoms with van der Waals surface area (Å²) in [5.41, 5.74) is 0.596. The highest BCUT2D eigenvalue weighted by Gasteiger charge is 2.34. The van der Waals surface area contributed by atoms with Crippen LogP contribution >= 0.6 is 0 Å². The molecule has 0 aromatic heterocycles. The second kappa shape index (κ2) is 4.93. The van der Waals surface area contributed by atoms with Gasteiger partial charge in [-0.2, -0.15) is 0 Å². The van der Waals surface area contributed by atoms with Gasteiger partial charge in [-0.1, -0.05) is 66.4 Å². The first-order valence-electron chi connectivity index (χ1n) is 6.80. The van der Waals surface area contributed by atoms with Crippen LogP contribution in [0.4, 0.5) is 0 Å². The Morgan fingerprint density at radius 3 is 2.33 bits per heavy atom. The minimum atomic E-state index is 0.596. The average Bonchev–Trinajstić information content (AvgIpc) is 1.99. The van der Waals surface area contributed by atoms with Crippen LogP contribution in [0.1, 0.15) is 48.0 Å². The molecule has 1 fully saturated rings. The molecule has 1 aliphatic heterocycles. The fraction of sp³-hybridized carbons (Fsp3) is 1.00. The van der Waals surface area contributed by atoms with Crippen molar-refractivity contribution >= 4 is 6.71 Å². The van der Waals surface area contributed by atoms with E-state index in [4.69, 9.17) is 0 Å². The molecule has 1 aliphatic rings. The van der Waals surface area contributed by atoms with Gasteiger partial charge in [-0.05, 0) is 23.7 Å². The smallest absolute Gasteiger partial charge is 0.0715 e. The van der Waals surface area contributed by atoms with Crippen molar-refractivity contribution in [1.82, 2.24) is 0 Å². The molecule has 0 amide bonds. The molecule has 0 nitrogen and oxygen atoms in total. The van der Waals surface area contributed by atoms with Crippen LogP contribution in [-0.2, 0) is 0 Å². The minimum absolute atomic E-state index is 0.596. The zero-order chi connectivity index (χ0) is 11.6. The second-order valence-electron chi connectivity index (χ2n) is 7.24. The van der Waals surface area contributed by atoms with Gasteiger partial charge in [-0.15, -0.1) is 0 Å². The van der Waals surface area contributed by atoms with Crippen LogP contribution in [0.25, 0.3) is 0 Å². The fourth-order valence-corrected chi connectivity index (χ4v) is 3.52. The number of hydrogen-bond donors (Lipinski definition) is 0. The van der Waals surface area contributed by atoms with Crippen LogP contribution in [0.3, 0.4) is 0 Å². The van der Waals surface area contributed by atoms with Gasteiger partial charge >= 0.3 is 0 Å². The van der Waals surface area contributed by atoms with E-state index in [1.807, 2.05) is 0 Å². The van der Waals surface area contributed by atoms with Crippen molar-refractivity contribution in [3.8, 4) is 0 Å². The lowest BCUT2D eigenvalue weighted by Crippen LogP contribution is -2.34. The van der Waals surface area contributed by atoms with E-state index < -0.39 is 0 Å².